The fourth-order valence-electron chi connectivity index (χ4n) is 3.55. The van der Waals surface area contributed by atoms with Gasteiger partial charge < -0.3 is 15.0 Å². The Morgan fingerprint density at radius 3 is 2.88 bits per heavy atom. The minimum Gasteiger partial charge on any atom is -0.378 e. The van der Waals surface area contributed by atoms with Crippen LogP contribution in [-0.2, 0) is 9.53 Å². The number of anilines is 2. The molecule has 8 nitrogen and oxygen atoms in total. The maximum atomic E-state index is 13.4. The Labute approximate surface area is 197 Å². The SMILES string of the molecule is Cc1cccc(-n2c(SCC(=O)Nc3nc4ccc(F)cc4s3)nnc2N2CCOCC2)c1. The highest BCUT2D eigenvalue weighted by Gasteiger charge is 2.22. The molecule has 2 aromatic heterocycles. The highest BCUT2D eigenvalue weighted by atomic mass is 32.2. The van der Waals surface area contributed by atoms with Crippen molar-refractivity contribution in [2.24, 2.45) is 0 Å². The average molecular weight is 485 g/mol. The molecule has 2 aromatic carbocycles. The van der Waals surface area contributed by atoms with Crippen LogP contribution in [0.2, 0.25) is 0 Å². The van der Waals surface area contributed by atoms with Gasteiger partial charge in [0.15, 0.2) is 10.3 Å². The fraction of sp³-hybridized carbons (Fsp3) is 0.273. The number of thiazole rings is 1. The summed E-state index contributed by atoms with van der Waals surface area (Å²) in [6.45, 7) is 4.77. The summed E-state index contributed by atoms with van der Waals surface area (Å²) in [6.07, 6.45) is 0. The monoisotopic (exact) mass is 484 g/mol. The van der Waals surface area contributed by atoms with Crippen LogP contribution in [0.3, 0.4) is 0 Å². The number of amides is 1. The van der Waals surface area contributed by atoms with Crippen molar-refractivity contribution in [3.05, 3.63) is 53.8 Å². The van der Waals surface area contributed by atoms with Gasteiger partial charge in [-0.05, 0) is 42.8 Å². The van der Waals surface area contributed by atoms with Crippen molar-refractivity contribution >= 4 is 50.3 Å². The molecule has 0 saturated carbocycles. The summed E-state index contributed by atoms with van der Waals surface area (Å²) in [7, 11) is 0. The number of aromatic nitrogens is 4. The number of ether oxygens (including phenoxy) is 1. The second-order valence-corrected chi connectivity index (χ2v) is 9.50. The number of hydrogen-bond donors (Lipinski definition) is 1. The zero-order valence-corrected chi connectivity index (χ0v) is 19.5. The van der Waals surface area contributed by atoms with E-state index in [0.717, 1.165) is 30.3 Å². The number of thioether (sulfide) groups is 1. The number of halogens is 1. The van der Waals surface area contributed by atoms with Crippen LogP contribution in [0.25, 0.3) is 15.9 Å². The maximum absolute atomic E-state index is 13.4. The number of fused-ring (bicyclic) bond motifs is 1. The Balaban J connectivity index is 1.35. The minimum absolute atomic E-state index is 0.136. The normalized spacial score (nSPS) is 14.1. The third-order valence-corrected chi connectivity index (χ3v) is 6.96. The van der Waals surface area contributed by atoms with E-state index in [1.54, 1.807) is 6.07 Å². The van der Waals surface area contributed by atoms with E-state index in [-0.39, 0.29) is 17.5 Å². The first kappa shape index (κ1) is 21.8. The van der Waals surface area contributed by atoms with Gasteiger partial charge in [0, 0.05) is 13.1 Å². The Kier molecular flexibility index (Phi) is 6.25. The van der Waals surface area contributed by atoms with Crippen LogP contribution in [0.4, 0.5) is 15.5 Å². The van der Waals surface area contributed by atoms with Crippen LogP contribution in [0.1, 0.15) is 5.56 Å². The van der Waals surface area contributed by atoms with Gasteiger partial charge in [0.2, 0.25) is 11.9 Å². The lowest BCUT2D eigenvalue weighted by Gasteiger charge is -2.28. The molecule has 4 aromatic rings. The van der Waals surface area contributed by atoms with Gasteiger partial charge in [0.05, 0.1) is 34.9 Å². The number of morpholine rings is 1. The molecule has 1 amide bonds. The van der Waals surface area contributed by atoms with Crippen LogP contribution < -0.4 is 10.2 Å². The zero-order valence-electron chi connectivity index (χ0n) is 17.8. The molecule has 33 heavy (non-hydrogen) atoms. The summed E-state index contributed by atoms with van der Waals surface area (Å²) in [5, 5.41) is 12.7. The van der Waals surface area contributed by atoms with Gasteiger partial charge >= 0.3 is 0 Å². The summed E-state index contributed by atoms with van der Waals surface area (Å²) >= 11 is 2.55. The van der Waals surface area contributed by atoms with Gasteiger partial charge in [-0.15, -0.1) is 10.2 Å². The van der Waals surface area contributed by atoms with Crippen LogP contribution in [-0.4, -0.2) is 57.7 Å². The summed E-state index contributed by atoms with van der Waals surface area (Å²) in [6, 6.07) is 12.5. The van der Waals surface area contributed by atoms with Crippen molar-refractivity contribution in [1.82, 2.24) is 19.7 Å². The van der Waals surface area contributed by atoms with Crippen molar-refractivity contribution in [3.63, 3.8) is 0 Å². The first-order valence-electron chi connectivity index (χ1n) is 10.4. The molecule has 0 atom stereocenters. The van der Waals surface area contributed by atoms with Gasteiger partial charge in [-0.1, -0.05) is 35.2 Å². The molecule has 1 saturated heterocycles. The first-order chi connectivity index (χ1) is 16.1. The molecule has 170 valence electrons. The number of rotatable bonds is 6. The first-order valence-corrected chi connectivity index (χ1v) is 12.2. The van der Waals surface area contributed by atoms with E-state index in [2.05, 4.69) is 31.5 Å². The van der Waals surface area contributed by atoms with Gasteiger partial charge in [-0.2, -0.15) is 0 Å². The van der Waals surface area contributed by atoms with E-state index in [4.69, 9.17) is 4.74 Å². The lowest BCUT2D eigenvalue weighted by molar-refractivity contribution is -0.113. The third kappa shape index (κ3) is 4.85. The molecule has 0 spiro atoms. The molecule has 1 aliphatic rings. The molecular weight excluding hydrogens is 463 g/mol. The highest BCUT2D eigenvalue weighted by Crippen LogP contribution is 2.29. The molecule has 0 radical (unpaired) electrons. The van der Waals surface area contributed by atoms with E-state index in [1.807, 2.05) is 29.7 Å². The summed E-state index contributed by atoms with van der Waals surface area (Å²) in [4.78, 5) is 19.1. The van der Waals surface area contributed by atoms with E-state index < -0.39 is 0 Å². The number of nitrogens with zero attached hydrogens (tertiary/aromatic N) is 5. The van der Waals surface area contributed by atoms with Crippen molar-refractivity contribution in [2.45, 2.75) is 12.1 Å². The fourth-order valence-corrected chi connectivity index (χ4v) is 5.21. The zero-order chi connectivity index (χ0) is 22.8. The Hall–Kier alpha value is -3.02. The van der Waals surface area contributed by atoms with Gasteiger partial charge in [0.25, 0.3) is 0 Å². The second-order valence-electron chi connectivity index (χ2n) is 7.52. The molecule has 1 aliphatic heterocycles. The van der Waals surface area contributed by atoms with Crippen LogP contribution in [0, 0.1) is 12.7 Å². The van der Waals surface area contributed by atoms with E-state index in [9.17, 15) is 9.18 Å². The van der Waals surface area contributed by atoms with Crippen molar-refractivity contribution in [1.29, 1.82) is 0 Å². The Bertz CT molecular complexity index is 1300. The number of carbonyl (C=O) groups is 1. The second kappa shape index (κ2) is 9.46. The predicted molar refractivity (Wildman–Crippen MR) is 128 cm³/mol. The minimum atomic E-state index is -0.328. The topological polar surface area (TPSA) is 85.2 Å². The molecule has 5 rings (SSSR count). The third-order valence-electron chi connectivity index (χ3n) is 5.10. The number of carbonyl (C=O) groups excluding carboxylic acids is 1. The van der Waals surface area contributed by atoms with Crippen molar-refractivity contribution < 1.29 is 13.9 Å². The quantitative estimate of drug-likeness (QED) is 0.416. The number of aryl methyl sites for hydroxylation is 1. The van der Waals surface area contributed by atoms with Crippen molar-refractivity contribution in [2.75, 3.05) is 42.3 Å². The summed E-state index contributed by atoms with van der Waals surface area (Å²) in [5.74, 6) is 0.328. The van der Waals surface area contributed by atoms with Gasteiger partial charge in [-0.3, -0.25) is 9.36 Å². The number of hydrogen-bond acceptors (Lipinski definition) is 8. The molecule has 1 fully saturated rings. The molecule has 0 unspecified atom stereocenters. The highest BCUT2D eigenvalue weighted by molar-refractivity contribution is 7.99. The molecule has 0 aliphatic carbocycles. The Morgan fingerprint density at radius 1 is 1.21 bits per heavy atom. The predicted octanol–water partition coefficient (Wildman–Crippen LogP) is 3.89. The molecule has 11 heteroatoms. The lowest BCUT2D eigenvalue weighted by atomic mass is 10.2. The standard InChI is InChI=1S/C22H21FN6O2S2/c1-14-3-2-4-16(11-14)29-21(28-7-9-31-10-8-28)26-27-22(29)32-13-19(30)25-20-24-17-6-5-15(23)12-18(17)33-20/h2-6,11-12H,7-10,13H2,1H3,(H,24,25,30). The van der Waals surface area contributed by atoms with Gasteiger partial charge in [0.1, 0.15) is 5.82 Å². The number of benzene rings is 2. The maximum Gasteiger partial charge on any atom is 0.236 e. The lowest BCUT2D eigenvalue weighted by Crippen LogP contribution is -2.37. The van der Waals surface area contributed by atoms with E-state index in [1.165, 1.54) is 35.2 Å². The van der Waals surface area contributed by atoms with Crippen LogP contribution in [0.15, 0.2) is 47.6 Å². The summed E-state index contributed by atoms with van der Waals surface area (Å²) < 4.78 is 21.6. The van der Waals surface area contributed by atoms with Gasteiger partial charge in [-0.25, -0.2) is 9.37 Å². The Morgan fingerprint density at radius 2 is 2.06 bits per heavy atom. The van der Waals surface area contributed by atoms with E-state index >= 15 is 0 Å². The molecular formula is C22H21FN6O2S2. The molecule has 0 bridgehead atoms. The smallest absolute Gasteiger partial charge is 0.236 e. The largest absolute Gasteiger partial charge is 0.378 e. The molecule has 3 heterocycles. The van der Waals surface area contributed by atoms with E-state index in [0.29, 0.717) is 33.7 Å². The van der Waals surface area contributed by atoms with Crippen LogP contribution in [0.5, 0.6) is 0 Å². The number of nitrogens with one attached hydrogen (secondary N) is 1. The summed E-state index contributed by atoms with van der Waals surface area (Å²) in [5.41, 5.74) is 2.71. The molecule has 1 N–H and O–H groups in total. The van der Waals surface area contributed by atoms with Crippen molar-refractivity contribution in [3.8, 4) is 5.69 Å². The van der Waals surface area contributed by atoms with Crippen LogP contribution >= 0.6 is 23.1 Å². The average Bonchev–Trinajstić information content (AvgIpc) is 3.41.